The molecular weight excluding hydrogens is 320 g/mol. The van der Waals surface area contributed by atoms with Crippen molar-refractivity contribution in [3.63, 3.8) is 0 Å². The Labute approximate surface area is 147 Å². The Balaban J connectivity index is 1.65. The van der Waals surface area contributed by atoms with Gasteiger partial charge in [-0.3, -0.25) is 4.79 Å². The number of H-pyrrole nitrogens is 1. The van der Waals surface area contributed by atoms with Crippen molar-refractivity contribution >= 4 is 23.0 Å². The number of nitrogens with zero attached hydrogens (tertiary/aromatic N) is 3. The highest BCUT2D eigenvalue weighted by molar-refractivity contribution is 5.94. The maximum atomic E-state index is 12.7. The van der Waals surface area contributed by atoms with Gasteiger partial charge in [0.2, 0.25) is 0 Å². The van der Waals surface area contributed by atoms with Crippen LogP contribution < -0.4 is 0 Å². The Bertz CT molecular complexity index is 798. The number of benzene rings is 1. The molecule has 134 valence electrons. The summed E-state index contributed by atoms with van der Waals surface area (Å²) in [5, 5.41) is 0. The summed E-state index contributed by atoms with van der Waals surface area (Å²) in [6, 6.07) is 5.81. The normalized spacial score (nSPS) is 15.5. The number of aromatic nitrogens is 2. The van der Waals surface area contributed by atoms with E-state index in [2.05, 4.69) is 9.97 Å². The first-order chi connectivity index (χ1) is 11.7. The van der Waals surface area contributed by atoms with Crippen molar-refractivity contribution in [2.45, 2.75) is 33.3 Å². The highest BCUT2D eigenvalue weighted by Crippen LogP contribution is 2.17. The van der Waals surface area contributed by atoms with Gasteiger partial charge in [0.1, 0.15) is 5.60 Å². The number of fused-ring (bicyclic) bond motifs is 1. The first kappa shape index (κ1) is 17.3. The Morgan fingerprint density at radius 1 is 1.12 bits per heavy atom. The third-order valence-corrected chi connectivity index (χ3v) is 4.14. The quantitative estimate of drug-likeness (QED) is 0.862. The van der Waals surface area contributed by atoms with Crippen molar-refractivity contribution in [2.24, 2.45) is 0 Å². The first-order valence-electron chi connectivity index (χ1n) is 8.47. The molecule has 0 atom stereocenters. The second kappa shape index (κ2) is 6.38. The van der Waals surface area contributed by atoms with Crippen LogP contribution in [0.2, 0.25) is 0 Å². The molecule has 1 aliphatic rings. The van der Waals surface area contributed by atoms with Crippen LogP contribution in [0.25, 0.3) is 11.0 Å². The zero-order valence-electron chi connectivity index (χ0n) is 15.1. The molecule has 1 aromatic carbocycles. The van der Waals surface area contributed by atoms with Crippen LogP contribution in [0.5, 0.6) is 0 Å². The first-order valence-corrected chi connectivity index (χ1v) is 8.47. The third-order valence-electron chi connectivity index (χ3n) is 4.14. The van der Waals surface area contributed by atoms with Crippen LogP contribution >= 0.6 is 0 Å². The number of aromatic amines is 1. The number of aryl methyl sites for hydroxylation is 1. The zero-order valence-corrected chi connectivity index (χ0v) is 15.1. The van der Waals surface area contributed by atoms with E-state index in [1.807, 2.05) is 45.9 Å². The number of amides is 2. The Morgan fingerprint density at radius 3 is 2.36 bits per heavy atom. The number of nitrogens with one attached hydrogen (secondary N) is 1. The van der Waals surface area contributed by atoms with Crippen LogP contribution in [-0.2, 0) is 4.74 Å². The monoisotopic (exact) mass is 344 g/mol. The van der Waals surface area contributed by atoms with Crippen LogP contribution in [-0.4, -0.2) is 63.5 Å². The minimum absolute atomic E-state index is 0.139. The molecule has 1 aliphatic heterocycles. The fourth-order valence-electron chi connectivity index (χ4n) is 2.85. The molecule has 1 saturated heterocycles. The third kappa shape index (κ3) is 3.75. The van der Waals surface area contributed by atoms with Crippen LogP contribution in [0.3, 0.4) is 0 Å². The van der Waals surface area contributed by atoms with Crippen LogP contribution in [0.15, 0.2) is 18.2 Å². The van der Waals surface area contributed by atoms with Gasteiger partial charge in [-0.2, -0.15) is 0 Å². The number of hydrogen-bond acceptors (Lipinski definition) is 4. The molecule has 0 unspecified atom stereocenters. The van der Waals surface area contributed by atoms with Crippen LogP contribution in [0.1, 0.15) is 37.0 Å². The van der Waals surface area contributed by atoms with Crippen LogP contribution in [0, 0.1) is 6.92 Å². The summed E-state index contributed by atoms with van der Waals surface area (Å²) >= 11 is 0. The summed E-state index contributed by atoms with van der Waals surface area (Å²) in [7, 11) is 0. The van der Waals surface area contributed by atoms with Gasteiger partial charge in [0, 0.05) is 26.2 Å². The number of rotatable bonds is 1. The fraction of sp³-hybridized carbons (Fsp3) is 0.500. The number of piperazine rings is 1. The van der Waals surface area contributed by atoms with Gasteiger partial charge in [-0.05, 0) is 39.3 Å². The lowest BCUT2D eigenvalue weighted by atomic mass is 10.2. The zero-order chi connectivity index (χ0) is 18.2. The Hall–Kier alpha value is -2.57. The summed E-state index contributed by atoms with van der Waals surface area (Å²) in [5.74, 6) is 0.203. The Kier molecular flexibility index (Phi) is 4.41. The number of imidazole rings is 1. The summed E-state index contributed by atoms with van der Waals surface area (Å²) < 4.78 is 5.38. The highest BCUT2D eigenvalue weighted by atomic mass is 16.6. The predicted molar refractivity (Wildman–Crippen MR) is 94.5 cm³/mol. The van der Waals surface area contributed by atoms with Crippen molar-refractivity contribution in [2.75, 3.05) is 26.2 Å². The molecule has 7 heteroatoms. The maximum absolute atomic E-state index is 12.7. The van der Waals surface area contributed by atoms with Crippen molar-refractivity contribution in [1.82, 2.24) is 19.8 Å². The minimum Gasteiger partial charge on any atom is -0.444 e. The van der Waals surface area contributed by atoms with E-state index in [0.29, 0.717) is 32.0 Å². The molecule has 0 aliphatic carbocycles. The molecule has 25 heavy (non-hydrogen) atoms. The lowest BCUT2D eigenvalue weighted by Gasteiger charge is -2.35. The molecule has 1 N–H and O–H groups in total. The summed E-state index contributed by atoms with van der Waals surface area (Å²) in [5.41, 5.74) is 2.19. The smallest absolute Gasteiger partial charge is 0.410 e. The lowest BCUT2D eigenvalue weighted by Crippen LogP contribution is -2.51. The van der Waals surface area contributed by atoms with E-state index in [-0.39, 0.29) is 12.0 Å². The van der Waals surface area contributed by atoms with Crippen molar-refractivity contribution < 1.29 is 14.3 Å². The van der Waals surface area contributed by atoms with Gasteiger partial charge < -0.3 is 19.5 Å². The van der Waals surface area contributed by atoms with Gasteiger partial charge in [0.05, 0.1) is 11.0 Å². The van der Waals surface area contributed by atoms with Gasteiger partial charge in [-0.15, -0.1) is 0 Å². The molecule has 2 heterocycles. The molecule has 0 bridgehead atoms. The average molecular weight is 344 g/mol. The second-order valence-corrected chi connectivity index (χ2v) is 7.32. The van der Waals surface area contributed by atoms with E-state index < -0.39 is 5.60 Å². The summed E-state index contributed by atoms with van der Waals surface area (Å²) in [6.45, 7) is 9.34. The fourth-order valence-corrected chi connectivity index (χ4v) is 2.85. The number of ether oxygens (including phenoxy) is 1. The largest absolute Gasteiger partial charge is 0.444 e. The van der Waals surface area contributed by atoms with Crippen LogP contribution in [0.4, 0.5) is 4.79 Å². The SMILES string of the molecule is Cc1cccc2[nH]c(C(=O)N3CCN(C(=O)OC(C)(C)C)CC3)nc12. The standard InChI is InChI=1S/C18H24N4O3/c1-12-6-5-7-13-14(12)20-15(19-13)16(23)21-8-10-22(11-9-21)17(24)25-18(2,3)4/h5-7H,8-11H2,1-4H3,(H,19,20). The van der Waals surface area contributed by atoms with E-state index in [1.54, 1.807) is 9.80 Å². The topological polar surface area (TPSA) is 78.5 Å². The highest BCUT2D eigenvalue weighted by Gasteiger charge is 2.29. The van der Waals surface area contributed by atoms with Gasteiger partial charge in [-0.1, -0.05) is 12.1 Å². The predicted octanol–water partition coefficient (Wildman–Crippen LogP) is 2.56. The van der Waals surface area contributed by atoms with E-state index in [9.17, 15) is 9.59 Å². The number of carbonyl (C=O) groups is 2. The maximum Gasteiger partial charge on any atom is 0.410 e. The lowest BCUT2D eigenvalue weighted by molar-refractivity contribution is 0.0139. The van der Waals surface area contributed by atoms with Gasteiger partial charge in [-0.25, -0.2) is 9.78 Å². The van der Waals surface area contributed by atoms with E-state index >= 15 is 0 Å². The van der Waals surface area contributed by atoms with E-state index in [1.165, 1.54) is 0 Å². The number of hydrogen-bond donors (Lipinski definition) is 1. The molecule has 1 fully saturated rings. The molecular formula is C18H24N4O3. The average Bonchev–Trinajstić information content (AvgIpc) is 2.98. The summed E-state index contributed by atoms with van der Waals surface area (Å²) in [6.07, 6.45) is -0.334. The van der Waals surface area contributed by atoms with Gasteiger partial charge in [0.25, 0.3) is 5.91 Å². The van der Waals surface area contributed by atoms with Gasteiger partial charge in [0.15, 0.2) is 5.82 Å². The molecule has 0 radical (unpaired) electrons. The molecule has 7 nitrogen and oxygen atoms in total. The molecule has 1 aromatic heterocycles. The van der Waals surface area contributed by atoms with Gasteiger partial charge >= 0.3 is 6.09 Å². The molecule has 2 amide bonds. The van der Waals surface area contributed by atoms with Crippen molar-refractivity contribution in [1.29, 1.82) is 0 Å². The van der Waals surface area contributed by atoms with Crippen molar-refractivity contribution in [3.05, 3.63) is 29.6 Å². The van der Waals surface area contributed by atoms with E-state index in [0.717, 1.165) is 16.6 Å². The van der Waals surface area contributed by atoms with Crippen molar-refractivity contribution in [3.8, 4) is 0 Å². The van der Waals surface area contributed by atoms with E-state index in [4.69, 9.17) is 4.74 Å². The molecule has 0 spiro atoms. The molecule has 0 saturated carbocycles. The summed E-state index contributed by atoms with van der Waals surface area (Å²) in [4.78, 5) is 35.7. The molecule has 3 rings (SSSR count). The second-order valence-electron chi connectivity index (χ2n) is 7.32. The molecule has 2 aromatic rings. The minimum atomic E-state index is -0.518. The Morgan fingerprint density at radius 2 is 1.76 bits per heavy atom. The number of para-hydroxylation sites is 1. The number of carbonyl (C=O) groups excluding carboxylic acids is 2.